The predicted molar refractivity (Wildman–Crippen MR) is 73.0 cm³/mol. The third-order valence-corrected chi connectivity index (χ3v) is 3.44. The van der Waals surface area contributed by atoms with Crippen LogP contribution in [0.1, 0.15) is 38.1 Å². The maximum atomic E-state index is 11.9. The molecule has 5 heteroatoms. The van der Waals surface area contributed by atoms with E-state index in [1.54, 1.807) is 12.1 Å². The molecule has 0 aliphatic rings. The van der Waals surface area contributed by atoms with Gasteiger partial charge >= 0.3 is 0 Å². The summed E-state index contributed by atoms with van der Waals surface area (Å²) in [6.07, 6.45) is 1.51. The van der Waals surface area contributed by atoms with Crippen molar-refractivity contribution < 1.29 is 4.79 Å². The number of carbonyl (C=O) groups is 1. The summed E-state index contributed by atoms with van der Waals surface area (Å²) in [6, 6.07) is 3.36. The summed E-state index contributed by atoms with van der Waals surface area (Å²) in [5.41, 5.74) is 3.03. The van der Waals surface area contributed by atoms with Gasteiger partial charge in [-0.05, 0) is 23.5 Å². The summed E-state index contributed by atoms with van der Waals surface area (Å²) in [4.78, 5) is 15.9. The minimum atomic E-state index is -0.111. The van der Waals surface area contributed by atoms with Gasteiger partial charge in [0.2, 0.25) is 0 Å². The molecule has 4 N–H and O–H groups in total. The Morgan fingerprint density at radius 2 is 2.11 bits per heavy atom. The monoisotopic (exact) mass is 250 g/mol. The highest BCUT2D eigenvalue weighted by molar-refractivity contribution is 5.94. The Kier molecular flexibility index (Phi) is 4.67. The quantitative estimate of drug-likeness (QED) is 0.549. The first-order chi connectivity index (χ1) is 8.36. The van der Waals surface area contributed by atoms with Crippen LogP contribution in [0.3, 0.4) is 0 Å². The van der Waals surface area contributed by atoms with Crippen molar-refractivity contribution in [2.75, 3.05) is 12.0 Å². The maximum absolute atomic E-state index is 11.9. The fourth-order valence-corrected chi connectivity index (χ4v) is 1.23. The normalized spacial score (nSPS) is 11.4. The van der Waals surface area contributed by atoms with E-state index in [1.807, 2.05) is 0 Å². The molecule has 1 aromatic rings. The third-order valence-electron chi connectivity index (χ3n) is 3.44. The van der Waals surface area contributed by atoms with Crippen LogP contribution in [0, 0.1) is 11.3 Å². The number of hydrazine groups is 1. The van der Waals surface area contributed by atoms with E-state index in [2.05, 4.69) is 43.4 Å². The molecule has 1 aromatic heterocycles. The topological polar surface area (TPSA) is 80.0 Å². The van der Waals surface area contributed by atoms with E-state index >= 15 is 0 Å². The van der Waals surface area contributed by atoms with Gasteiger partial charge in [-0.2, -0.15) is 0 Å². The molecule has 0 aliphatic carbocycles. The lowest BCUT2D eigenvalue weighted by atomic mass is 9.81. The Balaban J connectivity index is 2.60. The molecule has 1 rings (SSSR count). The van der Waals surface area contributed by atoms with Gasteiger partial charge in [0.1, 0.15) is 5.82 Å². The third kappa shape index (κ3) is 3.70. The number of nitrogens with zero attached hydrogens (tertiary/aromatic N) is 1. The van der Waals surface area contributed by atoms with E-state index in [0.717, 1.165) is 0 Å². The van der Waals surface area contributed by atoms with Crippen molar-refractivity contribution in [2.45, 2.75) is 27.7 Å². The molecule has 1 amide bonds. The molecule has 0 saturated carbocycles. The number of nitrogens with two attached hydrogens (primary N) is 1. The number of rotatable bonds is 5. The standard InChI is InChI=1S/C13H22N4O/c1-9(2)13(3,4)8-16-12(18)10-5-6-11(17-14)15-7-10/h5-7,9H,8,14H2,1-4H3,(H,15,17)(H,16,18). The van der Waals surface area contributed by atoms with Crippen molar-refractivity contribution in [3.05, 3.63) is 23.9 Å². The molecular weight excluding hydrogens is 228 g/mol. The average Bonchev–Trinajstić information content (AvgIpc) is 2.36. The van der Waals surface area contributed by atoms with Crippen LogP contribution in [0.5, 0.6) is 0 Å². The number of nitrogens with one attached hydrogen (secondary N) is 2. The highest BCUT2D eigenvalue weighted by Gasteiger charge is 2.23. The highest BCUT2D eigenvalue weighted by Crippen LogP contribution is 2.24. The first-order valence-corrected chi connectivity index (χ1v) is 6.07. The first kappa shape index (κ1) is 14.4. The molecule has 0 spiro atoms. The van der Waals surface area contributed by atoms with E-state index in [0.29, 0.717) is 23.8 Å². The smallest absolute Gasteiger partial charge is 0.252 e. The molecule has 5 nitrogen and oxygen atoms in total. The fraction of sp³-hybridized carbons (Fsp3) is 0.538. The molecule has 0 radical (unpaired) electrons. The highest BCUT2D eigenvalue weighted by atomic mass is 16.1. The average molecular weight is 250 g/mol. The summed E-state index contributed by atoms with van der Waals surface area (Å²) < 4.78 is 0. The van der Waals surface area contributed by atoms with E-state index in [4.69, 9.17) is 5.84 Å². The number of amides is 1. The lowest BCUT2D eigenvalue weighted by Gasteiger charge is -2.29. The second kappa shape index (κ2) is 5.82. The number of carbonyl (C=O) groups excluding carboxylic acids is 1. The molecule has 0 bridgehead atoms. The van der Waals surface area contributed by atoms with Gasteiger partial charge in [0.05, 0.1) is 5.56 Å². The second-order valence-corrected chi connectivity index (χ2v) is 5.40. The van der Waals surface area contributed by atoms with Crippen LogP contribution in [0.15, 0.2) is 18.3 Å². The van der Waals surface area contributed by atoms with Gasteiger partial charge in [0.25, 0.3) is 5.91 Å². The van der Waals surface area contributed by atoms with Crippen LogP contribution in [0.4, 0.5) is 5.82 Å². The zero-order valence-electron chi connectivity index (χ0n) is 11.4. The van der Waals surface area contributed by atoms with Gasteiger partial charge in [0.15, 0.2) is 0 Å². The van der Waals surface area contributed by atoms with Gasteiger partial charge in [0, 0.05) is 12.7 Å². The Morgan fingerprint density at radius 1 is 1.44 bits per heavy atom. The van der Waals surface area contributed by atoms with Crippen LogP contribution in [0.2, 0.25) is 0 Å². The van der Waals surface area contributed by atoms with Gasteiger partial charge < -0.3 is 10.7 Å². The van der Waals surface area contributed by atoms with Crippen LogP contribution < -0.4 is 16.6 Å². The Hall–Kier alpha value is -1.62. The Morgan fingerprint density at radius 3 is 2.56 bits per heavy atom. The van der Waals surface area contributed by atoms with Gasteiger partial charge in [-0.25, -0.2) is 10.8 Å². The molecule has 18 heavy (non-hydrogen) atoms. The fourth-order valence-electron chi connectivity index (χ4n) is 1.23. The number of aromatic nitrogens is 1. The molecule has 0 aromatic carbocycles. The van der Waals surface area contributed by atoms with Crippen molar-refractivity contribution in [1.29, 1.82) is 0 Å². The summed E-state index contributed by atoms with van der Waals surface area (Å²) >= 11 is 0. The van der Waals surface area contributed by atoms with Crippen molar-refractivity contribution >= 4 is 11.7 Å². The van der Waals surface area contributed by atoms with Gasteiger partial charge in [-0.3, -0.25) is 4.79 Å². The van der Waals surface area contributed by atoms with Crippen molar-refractivity contribution in [3.63, 3.8) is 0 Å². The van der Waals surface area contributed by atoms with Crippen molar-refractivity contribution in [1.82, 2.24) is 10.3 Å². The lowest BCUT2D eigenvalue weighted by molar-refractivity contribution is 0.0924. The molecule has 0 aliphatic heterocycles. The van der Waals surface area contributed by atoms with Gasteiger partial charge in [-0.15, -0.1) is 0 Å². The zero-order valence-corrected chi connectivity index (χ0v) is 11.4. The lowest BCUT2D eigenvalue weighted by Crippen LogP contribution is -2.37. The summed E-state index contributed by atoms with van der Waals surface area (Å²) in [5.74, 6) is 6.14. The SMILES string of the molecule is CC(C)C(C)(C)CNC(=O)c1ccc(NN)nc1. The van der Waals surface area contributed by atoms with Gasteiger partial charge in [-0.1, -0.05) is 27.7 Å². The molecule has 0 fully saturated rings. The number of anilines is 1. The summed E-state index contributed by atoms with van der Waals surface area (Å²) in [7, 11) is 0. The second-order valence-electron chi connectivity index (χ2n) is 5.40. The number of pyridine rings is 1. The van der Waals surface area contributed by atoms with Crippen LogP contribution >= 0.6 is 0 Å². The molecule has 1 heterocycles. The number of hydrogen-bond donors (Lipinski definition) is 3. The molecule has 100 valence electrons. The van der Waals surface area contributed by atoms with Crippen LogP contribution in [-0.2, 0) is 0 Å². The number of hydrogen-bond acceptors (Lipinski definition) is 4. The minimum absolute atomic E-state index is 0.0713. The zero-order chi connectivity index (χ0) is 13.8. The number of nitrogen functional groups attached to an aromatic ring is 1. The maximum Gasteiger partial charge on any atom is 0.252 e. The van der Waals surface area contributed by atoms with Crippen molar-refractivity contribution in [3.8, 4) is 0 Å². The van der Waals surface area contributed by atoms with Crippen LogP contribution in [0.25, 0.3) is 0 Å². The predicted octanol–water partition coefficient (Wildman–Crippen LogP) is 1.78. The van der Waals surface area contributed by atoms with E-state index in [1.165, 1.54) is 6.20 Å². The minimum Gasteiger partial charge on any atom is -0.351 e. The first-order valence-electron chi connectivity index (χ1n) is 6.07. The molecule has 0 unspecified atom stereocenters. The molecule has 0 saturated heterocycles. The Bertz CT molecular complexity index is 398. The Labute approximate surface area is 108 Å². The van der Waals surface area contributed by atoms with Crippen molar-refractivity contribution in [2.24, 2.45) is 17.2 Å². The van der Waals surface area contributed by atoms with E-state index in [9.17, 15) is 4.79 Å². The van der Waals surface area contributed by atoms with E-state index in [-0.39, 0.29) is 11.3 Å². The summed E-state index contributed by atoms with van der Waals surface area (Å²) in [6.45, 7) is 9.21. The molecule has 0 atom stereocenters. The molecular formula is C13H22N4O. The van der Waals surface area contributed by atoms with Crippen LogP contribution in [-0.4, -0.2) is 17.4 Å². The van der Waals surface area contributed by atoms with E-state index < -0.39 is 0 Å². The summed E-state index contributed by atoms with van der Waals surface area (Å²) in [5, 5.41) is 2.93. The largest absolute Gasteiger partial charge is 0.351 e.